The number of nitrogens with zero attached hydrogens (tertiary/aromatic N) is 3. The zero-order valence-corrected chi connectivity index (χ0v) is 11.6. The molecule has 0 aliphatic carbocycles. The minimum absolute atomic E-state index is 0.193. The van der Waals surface area contributed by atoms with Crippen LogP contribution in [0.15, 0.2) is 0 Å². The Balaban J connectivity index is 3.10. The van der Waals surface area contributed by atoms with Crippen LogP contribution in [0.25, 0.3) is 0 Å². The molecule has 0 aromatic rings. The van der Waals surface area contributed by atoms with Crippen LogP contribution < -0.4 is 0 Å². The van der Waals surface area contributed by atoms with Crippen LogP contribution in [0.2, 0.25) is 0 Å². The normalized spacial score (nSPS) is 20.1. The monoisotopic (exact) mass is 321 g/mol. The van der Waals surface area contributed by atoms with Gasteiger partial charge in [0, 0.05) is 11.9 Å². The van der Waals surface area contributed by atoms with Crippen molar-refractivity contribution in [2.75, 3.05) is 0 Å². The van der Waals surface area contributed by atoms with Gasteiger partial charge in [-0.1, -0.05) is 34.8 Å². The number of urea groups is 1. The number of hydrazine groups is 1. The lowest BCUT2D eigenvalue weighted by molar-refractivity contribution is -0.643. The quantitative estimate of drug-likeness (QED) is 0.256. The first-order valence-electron chi connectivity index (χ1n) is 4.07. The number of amides is 3. The highest BCUT2D eigenvalue weighted by Crippen LogP contribution is 2.44. The molecule has 1 fully saturated rings. The summed E-state index contributed by atoms with van der Waals surface area (Å²) in [5.41, 5.74) is -1.62. The van der Waals surface area contributed by atoms with Crippen LogP contribution in [-0.4, -0.2) is 34.9 Å². The molecule has 0 N–H and O–H groups in total. The van der Waals surface area contributed by atoms with Gasteiger partial charge >= 0.3 is 6.03 Å². The largest absolute Gasteiger partial charge is 0.396 e. The molecule has 0 saturated carbocycles. The number of carbonyl (C=O) groups is 2. The van der Waals surface area contributed by atoms with Gasteiger partial charge in [0.1, 0.15) is 0 Å². The van der Waals surface area contributed by atoms with Gasteiger partial charge in [0.05, 0.1) is 0 Å². The second-order valence-electron chi connectivity index (χ2n) is 3.53. The molecule has 17 heavy (non-hydrogen) atoms. The third-order valence-corrected chi connectivity index (χ3v) is 3.28. The highest BCUT2D eigenvalue weighted by atomic mass is 35.6. The minimum Gasteiger partial charge on any atom is -0.270 e. The highest BCUT2D eigenvalue weighted by Gasteiger charge is 2.60. The molecule has 3 amide bonds. The van der Waals surface area contributed by atoms with E-state index in [0.29, 0.717) is 4.31 Å². The summed E-state index contributed by atoms with van der Waals surface area (Å²) < 4.78 is -1.50. The number of hydrogen-bond donors (Lipinski definition) is 0. The summed E-state index contributed by atoms with van der Waals surface area (Å²) in [5.74, 6) is -0.824. The van der Waals surface area contributed by atoms with E-state index in [2.05, 4.69) is 0 Å². The number of alkyl halides is 3. The van der Waals surface area contributed by atoms with Gasteiger partial charge in [0.2, 0.25) is 0 Å². The second-order valence-corrected chi connectivity index (χ2v) is 7.64. The molecule has 0 radical (unpaired) electrons. The average Bonchev–Trinajstić information content (AvgIpc) is 2.23. The van der Waals surface area contributed by atoms with E-state index < -0.39 is 25.6 Å². The number of hydrogen-bond acceptors (Lipinski definition) is 5. The van der Waals surface area contributed by atoms with Gasteiger partial charge in [-0.05, 0) is 18.9 Å². The van der Waals surface area contributed by atoms with Gasteiger partial charge in [0.15, 0.2) is 10.6 Å². The first-order valence-corrected chi connectivity index (χ1v) is 5.98. The van der Waals surface area contributed by atoms with Crippen LogP contribution in [0, 0.1) is 10.1 Å². The van der Waals surface area contributed by atoms with E-state index in [9.17, 15) is 19.7 Å². The van der Waals surface area contributed by atoms with Crippen LogP contribution in [-0.2, 0) is 4.79 Å². The van der Waals surface area contributed by atoms with E-state index in [1.165, 1.54) is 13.8 Å². The molecule has 0 unspecified atom stereocenters. The van der Waals surface area contributed by atoms with Crippen molar-refractivity contribution in [3.63, 3.8) is 0 Å². The predicted octanol–water partition coefficient (Wildman–Crippen LogP) is 2.20. The molecule has 1 rings (SSSR count). The average molecular weight is 323 g/mol. The van der Waals surface area contributed by atoms with Crippen molar-refractivity contribution in [3.05, 3.63) is 10.1 Å². The zero-order chi connectivity index (χ0) is 13.6. The Kier molecular flexibility index (Phi) is 3.73. The van der Waals surface area contributed by atoms with Gasteiger partial charge in [-0.25, -0.2) is 14.9 Å². The van der Waals surface area contributed by atoms with E-state index in [1.807, 2.05) is 0 Å². The number of carbonyl (C=O) groups excluding carboxylic acids is 2. The van der Waals surface area contributed by atoms with Crippen molar-refractivity contribution in [2.24, 2.45) is 0 Å². The van der Waals surface area contributed by atoms with Crippen molar-refractivity contribution >= 4 is 58.7 Å². The summed E-state index contributed by atoms with van der Waals surface area (Å²) in [5, 5.41) is 9.93. The number of rotatable bonds is 2. The molecule has 7 nitrogen and oxygen atoms in total. The molecule has 96 valence electrons. The van der Waals surface area contributed by atoms with Crippen molar-refractivity contribution in [1.29, 1.82) is 0 Å². The Hall–Kier alpha value is -0.440. The molecule has 1 aliphatic heterocycles. The van der Waals surface area contributed by atoms with Gasteiger partial charge in [-0.15, -0.1) is 0 Å². The topological polar surface area (TPSA) is 83.8 Å². The summed E-state index contributed by atoms with van der Waals surface area (Å²) in [6.07, 6.45) is 0. The predicted molar refractivity (Wildman–Crippen MR) is 63.0 cm³/mol. The van der Waals surface area contributed by atoms with Gasteiger partial charge in [-0.2, -0.15) is 4.31 Å². The Bertz CT molecular complexity index is 396. The Morgan fingerprint density at radius 3 is 2.12 bits per heavy atom. The Morgan fingerprint density at radius 2 is 1.82 bits per heavy atom. The fourth-order valence-electron chi connectivity index (χ4n) is 1.21. The molecule has 0 aromatic heterocycles. The maximum absolute atomic E-state index is 11.8. The van der Waals surface area contributed by atoms with Gasteiger partial charge in [0.25, 0.3) is 9.03 Å². The van der Waals surface area contributed by atoms with Crippen molar-refractivity contribution < 1.29 is 14.6 Å². The van der Waals surface area contributed by atoms with E-state index >= 15 is 0 Å². The Labute approximate surface area is 115 Å². The lowest BCUT2D eigenvalue weighted by Gasteiger charge is -2.17. The van der Waals surface area contributed by atoms with Crippen molar-refractivity contribution in [2.45, 2.75) is 22.5 Å². The van der Waals surface area contributed by atoms with Crippen LogP contribution in [0.4, 0.5) is 4.79 Å². The number of nitro groups is 1. The lowest BCUT2D eigenvalue weighted by atomic mass is 10.1. The molecular weight excluding hydrogens is 317 g/mol. The molecule has 0 atom stereocenters. The molecular formula is C6H6Cl3N3O4S. The molecule has 1 aliphatic rings. The number of imide groups is 1. The zero-order valence-electron chi connectivity index (χ0n) is 8.52. The molecule has 0 bridgehead atoms. The Morgan fingerprint density at radius 1 is 1.35 bits per heavy atom. The van der Waals surface area contributed by atoms with Crippen molar-refractivity contribution in [1.82, 2.24) is 9.31 Å². The lowest BCUT2D eigenvalue weighted by Crippen LogP contribution is -2.47. The van der Waals surface area contributed by atoms with E-state index in [-0.39, 0.29) is 17.0 Å². The summed E-state index contributed by atoms with van der Waals surface area (Å²) in [7, 11) is 0. The van der Waals surface area contributed by atoms with E-state index in [1.54, 1.807) is 0 Å². The van der Waals surface area contributed by atoms with Gasteiger partial charge < -0.3 is 0 Å². The summed E-state index contributed by atoms with van der Waals surface area (Å²) in [6.45, 7) is 2.46. The molecule has 11 heteroatoms. The molecule has 0 aromatic carbocycles. The molecule has 1 saturated heterocycles. The SMILES string of the molecule is CC1(C)C(=O)N(SC(Cl)(Cl)Cl)C(=O)N1[N+](=O)[O-]. The van der Waals surface area contributed by atoms with Crippen LogP contribution in [0.3, 0.4) is 0 Å². The summed E-state index contributed by atoms with van der Waals surface area (Å²) in [6, 6.07) is -1.15. The first-order chi connectivity index (χ1) is 7.48. The van der Waals surface area contributed by atoms with Crippen LogP contribution in [0.5, 0.6) is 0 Å². The number of halogens is 3. The van der Waals surface area contributed by atoms with Crippen LogP contribution in [0.1, 0.15) is 13.8 Å². The standard InChI is InChI=1S/C6H6Cl3N3O4S/c1-5(2)3(13)10(17-6(7,8)9)4(14)11(5)12(15)16/h1-2H3. The highest BCUT2D eigenvalue weighted by molar-refractivity contribution is 8.03. The fraction of sp³-hybridized carbons (Fsp3) is 0.667. The van der Waals surface area contributed by atoms with Crippen LogP contribution >= 0.6 is 46.8 Å². The third-order valence-electron chi connectivity index (χ3n) is 1.95. The summed E-state index contributed by atoms with van der Waals surface area (Å²) in [4.78, 5) is 34.1. The van der Waals surface area contributed by atoms with Gasteiger partial charge in [-0.3, -0.25) is 4.79 Å². The summed E-state index contributed by atoms with van der Waals surface area (Å²) >= 11 is 16.6. The van der Waals surface area contributed by atoms with E-state index in [4.69, 9.17) is 34.8 Å². The van der Waals surface area contributed by atoms with Crippen molar-refractivity contribution in [3.8, 4) is 0 Å². The maximum atomic E-state index is 11.8. The fourth-order valence-corrected chi connectivity index (χ4v) is 2.50. The maximum Gasteiger partial charge on any atom is 0.396 e. The smallest absolute Gasteiger partial charge is 0.270 e. The second kappa shape index (κ2) is 4.34. The van der Waals surface area contributed by atoms with E-state index in [0.717, 1.165) is 0 Å². The third kappa shape index (κ3) is 2.70. The molecule has 1 heterocycles. The first kappa shape index (κ1) is 14.6. The minimum atomic E-state index is -1.96. The molecule has 0 spiro atoms.